The molecule has 0 unspecified atom stereocenters. The molecule has 0 atom stereocenters. The summed E-state index contributed by atoms with van der Waals surface area (Å²) in [6.45, 7) is 7.84. The van der Waals surface area contributed by atoms with Gasteiger partial charge in [0.15, 0.2) is 5.89 Å². The maximum atomic E-state index is 12.6. The van der Waals surface area contributed by atoms with E-state index in [0.717, 1.165) is 29.5 Å². The Kier molecular flexibility index (Phi) is 4.37. The van der Waals surface area contributed by atoms with Crippen molar-refractivity contribution in [1.29, 1.82) is 0 Å². The largest absolute Gasteiger partial charge is 0.494 e. The second kappa shape index (κ2) is 6.44. The molecule has 1 aromatic carbocycles. The van der Waals surface area contributed by atoms with Crippen LogP contribution in [0.25, 0.3) is 0 Å². The number of benzene rings is 1. The Morgan fingerprint density at radius 1 is 1.35 bits per heavy atom. The van der Waals surface area contributed by atoms with E-state index >= 15 is 0 Å². The first-order valence-electron chi connectivity index (χ1n) is 8.09. The quantitative estimate of drug-likeness (QED) is 0.868. The van der Waals surface area contributed by atoms with Gasteiger partial charge in [0.1, 0.15) is 17.2 Å². The highest BCUT2D eigenvalue weighted by atomic mass is 16.5. The summed E-state index contributed by atoms with van der Waals surface area (Å²) in [5, 5.41) is 0. The lowest BCUT2D eigenvalue weighted by atomic mass is 10.1. The Balaban J connectivity index is 1.73. The highest BCUT2D eigenvalue weighted by Crippen LogP contribution is 2.25. The number of rotatable bonds is 4. The smallest absolute Gasteiger partial charge is 0.254 e. The molecule has 1 amide bonds. The fraction of sp³-hybridized carbons (Fsp3) is 0.444. The molecule has 5 nitrogen and oxygen atoms in total. The molecule has 1 aliphatic rings. The average Bonchev–Trinajstić information content (AvgIpc) is 2.98. The first-order valence-corrected chi connectivity index (χ1v) is 8.09. The second-order valence-electron chi connectivity index (χ2n) is 6.01. The van der Waals surface area contributed by atoms with Crippen molar-refractivity contribution in [3.63, 3.8) is 0 Å². The molecule has 23 heavy (non-hydrogen) atoms. The number of oxazole rings is 1. The van der Waals surface area contributed by atoms with Crippen molar-refractivity contribution >= 4 is 5.91 Å². The Bertz CT molecular complexity index is 689. The monoisotopic (exact) mass is 314 g/mol. The molecule has 0 bridgehead atoms. The Morgan fingerprint density at radius 2 is 2.09 bits per heavy atom. The predicted octanol–water partition coefficient (Wildman–Crippen LogP) is 3.40. The van der Waals surface area contributed by atoms with Crippen LogP contribution in [0, 0.1) is 0 Å². The number of aromatic nitrogens is 1. The fourth-order valence-electron chi connectivity index (χ4n) is 2.68. The van der Waals surface area contributed by atoms with Gasteiger partial charge < -0.3 is 14.1 Å². The molecule has 5 heteroatoms. The first kappa shape index (κ1) is 15.6. The third-order valence-electron chi connectivity index (χ3n) is 3.94. The predicted molar refractivity (Wildman–Crippen MR) is 86.6 cm³/mol. The van der Waals surface area contributed by atoms with E-state index in [4.69, 9.17) is 9.15 Å². The third kappa shape index (κ3) is 3.23. The van der Waals surface area contributed by atoms with Gasteiger partial charge in [0.25, 0.3) is 5.91 Å². The van der Waals surface area contributed by atoms with Crippen LogP contribution in [0.4, 0.5) is 0 Å². The van der Waals surface area contributed by atoms with E-state index in [1.807, 2.05) is 36.1 Å². The number of carbonyl (C=O) groups is 1. The van der Waals surface area contributed by atoms with Gasteiger partial charge in [-0.25, -0.2) is 4.98 Å². The third-order valence-corrected chi connectivity index (χ3v) is 3.94. The van der Waals surface area contributed by atoms with Gasteiger partial charge in [-0.1, -0.05) is 13.8 Å². The minimum atomic E-state index is 0.0211. The molecule has 2 aromatic rings. The van der Waals surface area contributed by atoms with Gasteiger partial charge in [0, 0.05) is 24.4 Å². The summed E-state index contributed by atoms with van der Waals surface area (Å²) in [6.07, 6.45) is 0.720. The highest BCUT2D eigenvalue weighted by molar-refractivity contribution is 5.94. The van der Waals surface area contributed by atoms with Gasteiger partial charge in [0.2, 0.25) is 0 Å². The number of amides is 1. The molecule has 2 heterocycles. The Hall–Kier alpha value is -2.30. The first-order chi connectivity index (χ1) is 11.1. The summed E-state index contributed by atoms with van der Waals surface area (Å²) < 4.78 is 11.2. The lowest BCUT2D eigenvalue weighted by Gasteiger charge is -2.25. The number of hydrogen-bond donors (Lipinski definition) is 0. The van der Waals surface area contributed by atoms with E-state index in [-0.39, 0.29) is 11.8 Å². The molecule has 122 valence electrons. The lowest BCUT2D eigenvalue weighted by Crippen LogP contribution is -2.35. The number of hydrogen-bond acceptors (Lipinski definition) is 4. The lowest BCUT2D eigenvalue weighted by molar-refractivity contribution is 0.0728. The van der Waals surface area contributed by atoms with E-state index in [1.54, 1.807) is 0 Å². The van der Waals surface area contributed by atoms with E-state index in [0.29, 0.717) is 25.3 Å². The van der Waals surface area contributed by atoms with Gasteiger partial charge in [-0.3, -0.25) is 4.79 Å². The summed E-state index contributed by atoms with van der Waals surface area (Å²) in [7, 11) is 0. The molecule has 0 spiro atoms. The molecule has 0 radical (unpaired) electrons. The van der Waals surface area contributed by atoms with E-state index in [2.05, 4.69) is 18.8 Å². The summed E-state index contributed by atoms with van der Waals surface area (Å²) in [4.78, 5) is 19.0. The van der Waals surface area contributed by atoms with E-state index < -0.39 is 0 Å². The van der Waals surface area contributed by atoms with Crippen molar-refractivity contribution in [1.82, 2.24) is 9.88 Å². The zero-order valence-corrected chi connectivity index (χ0v) is 13.8. The molecule has 0 saturated heterocycles. The van der Waals surface area contributed by atoms with Crippen molar-refractivity contribution in [2.24, 2.45) is 0 Å². The molecule has 0 N–H and O–H groups in total. The van der Waals surface area contributed by atoms with Crippen LogP contribution < -0.4 is 4.74 Å². The number of nitrogens with zero attached hydrogens (tertiary/aromatic N) is 2. The maximum Gasteiger partial charge on any atom is 0.254 e. The topological polar surface area (TPSA) is 55.6 Å². The van der Waals surface area contributed by atoms with Crippen LogP contribution in [0.2, 0.25) is 0 Å². The molecule has 3 rings (SSSR count). The minimum absolute atomic E-state index is 0.0211. The number of ether oxygens (including phenoxy) is 1. The zero-order chi connectivity index (χ0) is 16.4. The van der Waals surface area contributed by atoms with Gasteiger partial charge in [0.05, 0.1) is 13.2 Å². The van der Waals surface area contributed by atoms with Crippen molar-refractivity contribution < 1.29 is 13.9 Å². The molecular formula is C18H22N2O3. The van der Waals surface area contributed by atoms with Gasteiger partial charge in [-0.05, 0) is 31.2 Å². The van der Waals surface area contributed by atoms with E-state index in [1.165, 1.54) is 0 Å². The SMILES string of the molecule is CCOc1ccc(C(=O)N2CCc3oc(C(C)C)nc3C2)cc1. The average molecular weight is 314 g/mol. The molecule has 0 saturated carbocycles. The zero-order valence-electron chi connectivity index (χ0n) is 13.8. The van der Waals surface area contributed by atoms with Crippen LogP contribution in [0.15, 0.2) is 28.7 Å². The molecular weight excluding hydrogens is 292 g/mol. The van der Waals surface area contributed by atoms with Crippen LogP contribution in [0.1, 0.15) is 54.4 Å². The van der Waals surface area contributed by atoms with Crippen LogP contribution in [0.5, 0.6) is 5.75 Å². The summed E-state index contributed by atoms with van der Waals surface area (Å²) >= 11 is 0. The van der Waals surface area contributed by atoms with Crippen molar-refractivity contribution in [3.05, 3.63) is 47.2 Å². The normalized spacial score (nSPS) is 14.0. The van der Waals surface area contributed by atoms with Gasteiger partial charge in [-0.2, -0.15) is 0 Å². The Labute approximate surface area is 136 Å². The molecule has 1 aliphatic heterocycles. The van der Waals surface area contributed by atoms with Crippen molar-refractivity contribution in [2.75, 3.05) is 13.2 Å². The molecule has 1 aromatic heterocycles. The maximum absolute atomic E-state index is 12.6. The van der Waals surface area contributed by atoms with Crippen molar-refractivity contribution in [2.45, 2.75) is 39.7 Å². The molecule has 0 aliphatic carbocycles. The standard InChI is InChI=1S/C18H22N2O3/c1-4-22-14-7-5-13(6-8-14)18(21)20-10-9-16-15(11-20)19-17(23-16)12(2)3/h5-8,12H,4,9-11H2,1-3H3. The Morgan fingerprint density at radius 3 is 2.74 bits per heavy atom. The molecule has 0 fully saturated rings. The fourth-order valence-corrected chi connectivity index (χ4v) is 2.68. The van der Waals surface area contributed by atoms with Crippen LogP contribution in [-0.2, 0) is 13.0 Å². The number of carbonyl (C=O) groups excluding carboxylic acids is 1. The summed E-state index contributed by atoms with van der Waals surface area (Å²) in [6, 6.07) is 7.29. The summed E-state index contributed by atoms with van der Waals surface area (Å²) in [5.74, 6) is 2.74. The highest BCUT2D eigenvalue weighted by Gasteiger charge is 2.26. The van der Waals surface area contributed by atoms with Crippen LogP contribution in [0.3, 0.4) is 0 Å². The number of fused-ring (bicyclic) bond motifs is 1. The van der Waals surface area contributed by atoms with Gasteiger partial charge >= 0.3 is 0 Å². The summed E-state index contributed by atoms with van der Waals surface area (Å²) in [5.41, 5.74) is 1.56. The van der Waals surface area contributed by atoms with Gasteiger partial charge in [-0.15, -0.1) is 0 Å². The van der Waals surface area contributed by atoms with Crippen LogP contribution in [-0.4, -0.2) is 28.9 Å². The second-order valence-corrected chi connectivity index (χ2v) is 6.01. The minimum Gasteiger partial charge on any atom is -0.494 e. The van der Waals surface area contributed by atoms with Crippen molar-refractivity contribution in [3.8, 4) is 5.75 Å². The van der Waals surface area contributed by atoms with Crippen LogP contribution >= 0.6 is 0 Å². The van der Waals surface area contributed by atoms with E-state index in [9.17, 15) is 4.79 Å².